The van der Waals surface area contributed by atoms with Gasteiger partial charge >= 0.3 is 5.97 Å². The molecule has 0 aromatic heterocycles. The zero-order valence-electron chi connectivity index (χ0n) is 14.1. The van der Waals surface area contributed by atoms with Crippen molar-refractivity contribution < 1.29 is 14.6 Å². The molecule has 0 fully saturated rings. The lowest BCUT2D eigenvalue weighted by Gasteiger charge is -2.21. The minimum atomic E-state index is -0.756. The van der Waals surface area contributed by atoms with E-state index in [0.29, 0.717) is 13.0 Å². The number of rotatable bonds is 6. The number of aryl methyl sites for hydroxylation is 1. The van der Waals surface area contributed by atoms with Crippen LogP contribution in [0.15, 0.2) is 18.2 Å². The summed E-state index contributed by atoms with van der Waals surface area (Å²) < 4.78 is 5.79. The molecule has 1 rings (SSSR count). The Morgan fingerprint density at radius 2 is 1.81 bits per heavy atom. The lowest BCUT2D eigenvalue weighted by atomic mass is 9.86. The van der Waals surface area contributed by atoms with Crippen LogP contribution in [0.1, 0.15) is 58.6 Å². The second kappa shape index (κ2) is 6.50. The van der Waals surface area contributed by atoms with Gasteiger partial charge in [-0.3, -0.25) is 4.79 Å². The van der Waals surface area contributed by atoms with Crippen molar-refractivity contribution >= 4 is 5.97 Å². The lowest BCUT2D eigenvalue weighted by molar-refractivity contribution is -0.147. The second-order valence-corrected chi connectivity index (χ2v) is 7.37. The number of hydrogen-bond donors (Lipinski definition) is 1. The van der Waals surface area contributed by atoms with Crippen molar-refractivity contribution in [3.05, 3.63) is 29.3 Å². The first-order valence-electron chi connectivity index (χ1n) is 7.51. The fraction of sp³-hybridized carbons (Fsp3) is 0.611. The number of aliphatic carboxylic acids is 1. The first kappa shape index (κ1) is 17.5. The molecule has 0 saturated carbocycles. The van der Waals surface area contributed by atoms with Crippen LogP contribution in [0.2, 0.25) is 0 Å². The SMILES string of the molecule is Cc1cc(C(C)(C)C)ccc1OCCCC(C)(C)C(=O)O. The van der Waals surface area contributed by atoms with Gasteiger partial charge in [0.2, 0.25) is 0 Å². The van der Waals surface area contributed by atoms with Gasteiger partial charge in [-0.2, -0.15) is 0 Å². The Hall–Kier alpha value is -1.51. The average molecular weight is 292 g/mol. The van der Waals surface area contributed by atoms with Crippen molar-refractivity contribution in [1.29, 1.82) is 0 Å². The van der Waals surface area contributed by atoms with Crippen LogP contribution < -0.4 is 4.74 Å². The molecule has 21 heavy (non-hydrogen) atoms. The summed E-state index contributed by atoms with van der Waals surface area (Å²) in [5, 5.41) is 9.07. The smallest absolute Gasteiger partial charge is 0.309 e. The molecule has 0 heterocycles. The standard InChI is InChI=1S/C18H28O3/c1-13-12-14(17(2,3)4)8-9-15(13)21-11-7-10-18(5,6)16(19)20/h8-9,12H,7,10-11H2,1-6H3,(H,19,20). The maximum Gasteiger partial charge on any atom is 0.309 e. The van der Waals surface area contributed by atoms with Crippen LogP contribution in [0.25, 0.3) is 0 Å². The molecular weight excluding hydrogens is 264 g/mol. The highest BCUT2D eigenvalue weighted by atomic mass is 16.5. The van der Waals surface area contributed by atoms with Gasteiger partial charge < -0.3 is 9.84 Å². The summed E-state index contributed by atoms with van der Waals surface area (Å²) in [4.78, 5) is 11.0. The molecule has 3 heteroatoms. The van der Waals surface area contributed by atoms with E-state index < -0.39 is 11.4 Å². The Labute approximate surface area is 128 Å². The average Bonchev–Trinajstić information content (AvgIpc) is 2.34. The number of carbonyl (C=O) groups is 1. The molecule has 1 aromatic carbocycles. The Morgan fingerprint density at radius 3 is 2.29 bits per heavy atom. The zero-order valence-corrected chi connectivity index (χ0v) is 14.1. The van der Waals surface area contributed by atoms with E-state index in [4.69, 9.17) is 9.84 Å². The van der Waals surface area contributed by atoms with Crippen LogP contribution in [-0.4, -0.2) is 17.7 Å². The molecular formula is C18H28O3. The van der Waals surface area contributed by atoms with Crippen molar-refractivity contribution in [3.8, 4) is 5.75 Å². The largest absolute Gasteiger partial charge is 0.493 e. The number of benzene rings is 1. The molecule has 0 radical (unpaired) electrons. The molecule has 0 aliphatic carbocycles. The molecule has 3 nitrogen and oxygen atoms in total. The molecule has 1 N–H and O–H groups in total. The van der Waals surface area contributed by atoms with Gasteiger partial charge in [0.25, 0.3) is 0 Å². The summed E-state index contributed by atoms with van der Waals surface area (Å²) in [6, 6.07) is 6.28. The van der Waals surface area contributed by atoms with Crippen molar-refractivity contribution in [2.75, 3.05) is 6.61 Å². The topological polar surface area (TPSA) is 46.5 Å². The first-order valence-corrected chi connectivity index (χ1v) is 7.51. The van der Waals surface area contributed by atoms with Gasteiger partial charge in [-0.1, -0.05) is 32.9 Å². The van der Waals surface area contributed by atoms with Crippen molar-refractivity contribution in [2.45, 2.75) is 59.8 Å². The Balaban J connectivity index is 2.56. The van der Waals surface area contributed by atoms with Gasteiger partial charge in [0.05, 0.1) is 12.0 Å². The highest BCUT2D eigenvalue weighted by Crippen LogP contribution is 2.28. The molecule has 1 aromatic rings. The Bertz CT molecular complexity index is 496. The molecule has 0 spiro atoms. The van der Waals surface area contributed by atoms with E-state index in [0.717, 1.165) is 17.7 Å². The highest BCUT2D eigenvalue weighted by Gasteiger charge is 2.26. The minimum Gasteiger partial charge on any atom is -0.493 e. The van der Waals surface area contributed by atoms with Crippen LogP contribution in [0, 0.1) is 12.3 Å². The van der Waals surface area contributed by atoms with Gasteiger partial charge in [-0.15, -0.1) is 0 Å². The van der Waals surface area contributed by atoms with E-state index in [9.17, 15) is 4.79 Å². The molecule has 0 aliphatic heterocycles. The summed E-state index contributed by atoms with van der Waals surface area (Å²) in [5.41, 5.74) is 1.86. The fourth-order valence-corrected chi connectivity index (χ4v) is 2.08. The van der Waals surface area contributed by atoms with Crippen LogP contribution in [0.3, 0.4) is 0 Å². The van der Waals surface area contributed by atoms with Crippen LogP contribution in [0.5, 0.6) is 5.75 Å². The number of hydrogen-bond acceptors (Lipinski definition) is 2. The minimum absolute atomic E-state index is 0.134. The van der Waals surface area contributed by atoms with Gasteiger partial charge in [0.1, 0.15) is 5.75 Å². The molecule has 0 atom stereocenters. The van der Waals surface area contributed by atoms with Gasteiger partial charge in [-0.05, 0) is 56.2 Å². The summed E-state index contributed by atoms with van der Waals surface area (Å²) >= 11 is 0. The third-order valence-electron chi connectivity index (χ3n) is 3.82. The third-order valence-corrected chi connectivity index (χ3v) is 3.82. The van der Waals surface area contributed by atoms with Crippen molar-refractivity contribution in [2.24, 2.45) is 5.41 Å². The second-order valence-electron chi connectivity index (χ2n) is 7.37. The van der Waals surface area contributed by atoms with Gasteiger partial charge in [-0.25, -0.2) is 0 Å². The lowest BCUT2D eigenvalue weighted by Crippen LogP contribution is -2.24. The van der Waals surface area contributed by atoms with E-state index >= 15 is 0 Å². The van der Waals surface area contributed by atoms with Gasteiger partial charge in [0.15, 0.2) is 0 Å². The van der Waals surface area contributed by atoms with Crippen molar-refractivity contribution in [1.82, 2.24) is 0 Å². The summed E-state index contributed by atoms with van der Waals surface area (Å²) in [7, 11) is 0. The maximum atomic E-state index is 11.0. The maximum absolute atomic E-state index is 11.0. The monoisotopic (exact) mass is 292 g/mol. The normalized spacial score (nSPS) is 12.3. The number of carboxylic acids is 1. The molecule has 0 amide bonds. The number of ether oxygens (including phenoxy) is 1. The predicted molar refractivity (Wildman–Crippen MR) is 86.0 cm³/mol. The van der Waals surface area contributed by atoms with E-state index in [-0.39, 0.29) is 5.41 Å². The van der Waals surface area contributed by atoms with Gasteiger partial charge in [0, 0.05) is 0 Å². The van der Waals surface area contributed by atoms with E-state index in [1.54, 1.807) is 13.8 Å². The molecule has 0 saturated heterocycles. The van der Waals surface area contributed by atoms with Crippen molar-refractivity contribution in [3.63, 3.8) is 0 Å². The van der Waals surface area contributed by atoms with Crippen LogP contribution >= 0.6 is 0 Å². The molecule has 0 bridgehead atoms. The summed E-state index contributed by atoms with van der Waals surface area (Å²) in [6.07, 6.45) is 1.35. The van der Waals surface area contributed by atoms with Crippen LogP contribution in [0.4, 0.5) is 0 Å². The molecule has 118 valence electrons. The highest BCUT2D eigenvalue weighted by molar-refractivity contribution is 5.73. The molecule has 0 aliphatic rings. The van der Waals surface area contributed by atoms with Crippen LogP contribution in [-0.2, 0) is 10.2 Å². The van der Waals surface area contributed by atoms with E-state index in [1.807, 2.05) is 13.0 Å². The van der Waals surface area contributed by atoms with E-state index in [1.165, 1.54) is 5.56 Å². The van der Waals surface area contributed by atoms with E-state index in [2.05, 4.69) is 32.9 Å². The summed E-state index contributed by atoms with van der Waals surface area (Å²) in [6.45, 7) is 12.7. The zero-order chi connectivity index (χ0) is 16.3. The Morgan fingerprint density at radius 1 is 1.19 bits per heavy atom. The third kappa shape index (κ3) is 5.07. The summed E-state index contributed by atoms with van der Waals surface area (Å²) in [5.74, 6) is 0.129. The first-order chi connectivity index (χ1) is 9.54. The number of carboxylic acid groups (broad SMARTS) is 1. The molecule has 0 unspecified atom stereocenters. The quantitative estimate of drug-likeness (QED) is 0.782. The Kier molecular flexibility index (Phi) is 5.43. The fourth-order valence-electron chi connectivity index (χ4n) is 2.08. The predicted octanol–water partition coefficient (Wildman–Crippen LogP) is 4.56.